The highest BCUT2D eigenvalue weighted by Gasteiger charge is 2.36. The molecular formula is C43H62FN3O8Si. The van der Waals surface area contributed by atoms with Gasteiger partial charge in [0.25, 0.3) is 0 Å². The quantitative estimate of drug-likeness (QED) is 0.0421. The van der Waals surface area contributed by atoms with E-state index in [-0.39, 0.29) is 17.4 Å². The molecule has 0 aliphatic heterocycles. The molecule has 0 aliphatic rings. The number of H-pyrrole nitrogens is 1. The maximum absolute atomic E-state index is 11.9. The number of Topliss-reactive ketones (excluding diaryl/α,β-unsaturated/α-hetero) is 1. The Balaban J connectivity index is 0.000000304. The summed E-state index contributed by atoms with van der Waals surface area (Å²) in [6.07, 6.45) is 0. The molecule has 0 atom stereocenters. The Morgan fingerprint density at radius 2 is 1.14 bits per heavy atom. The minimum absolute atomic E-state index is 0.0506. The van der Waals surface area contributed by atoms with Crippen molar-refractivity contribution in [3.63, 3.8) is 0 Å². The second kappa shape index (κ2) is 24.5. The van der Waals surface area contributed by atoms with Crippen molar-refractivity contribution in [3.8, 4) is 34.0 Å². The molecular weight excluding hydrogens is 734 g/mol. The maximum atomic E-state index is 11.9. The summed E-state index contributed by atoms with van der Waals surface area (Å²) in [4.78, 5) is 13.3. The first-order valence-electron chi connectivity index (χ1n) is 19.1. The molecule has 56 heavy (non-hydrogen) atoms. The smallest absolute Gasteiger partial charge is 0.192 e. The van der Waals surface area contributed by atoms with E-state index in [4.69, 9.17) is 32.8 Å². The van der Waals surface area contributed by atoms with Gasteiger partial charge in [0.2, 0.25) is 0 Å². The van der Waals surface area contributed by atoms with E-state index in [1.54, 1.807) is 31.2 Å². The molecule has 0 amide bonds. The van der Waals surface area contributed by atoms with Crippen LogP contribution in [0.4, 0.5) is 10.1 Å². The van der Waals surface area contributed by atoms with Crippen molar-refractivity contribution < 1.29 is 42.0 Å². The molecule has 308 valence electrons. The third kappa shape index (κ3) is 16.9. The van der Waals surface area contributed by atoms with Gasteiger partial charge in [-0.25, -0.2) is 4.39 Å². The number of ether oxygens (including phenoxy) is 6. The first-order chi connectivity index (χ1) is 26.8. The van der Waals surface area contributed by atoms with Crippen molar-refractivity contribution in [2.24, 2.45) is 0 Å². The largest absolute Gasteiger partial charge is 0.491 e. The zero-order valence-electron chi connectivity index (χ0n) is 34.5. The fourth-order valence-corrected chi connectivity index (χ4v) is 5.80. The second-order valence-corrected chi connectivity index (χ2v) is 19.5. The predicted octanol–water partition coefficient (Wildman–Crippen LogP) is 8.51. The van der Waals surface area contributed by atoms with Gasteiger partial charge in [0.05, 0.1) is 70.8 Å². The number of aromatic amines is 1. The predicted molar refractivity (Wildman–Crippen MR) is 224 cm³/mol. The van der Waals surface area contributed by atoms with Crippen LogP contribution in [-0.2, 0) is 23.4 Å². The van der Waals surface area contributed by atoms with Gasteiger partial charge >= 0.3 is 0 Å². The number of nitrogens with one attached hydrogen (secondary N) is 1. The van der Waals surface area contributed by atoms with E-state index in [9.17, 15) is 9.18 Å². The van der Waals surface area contributed by atoms with Crippen LogP contribution in [0.2, 0.25) is 18.1 Å². The second-order valence-electron chi connectivity index (χ2n) is 14.7. The van der Waals surface area contributed by atoms with Crippen LogP contribution in [0, 0.1) is 0 Å². The van der Waals surface area contributed by atoms with Crippen molar-refractivity contribution >= 4 is 19.8 Å². The monoisotopic (exact) mass is 795 g/mol. The van der Waals surface area contributed by atoms with E-state index in [0.717, 1.165) is 39.7 Å². The van der Waals surface area contributed by atoms with Gasteiger partial charge in [-0.3, -0.25) is 9.89 Å². The molecule has 3 aromatic carbocycles. The molecule has 0 bridgehead atoms. The molecule has 13 heteroatoms. The Hall–Kier alpha value is -4.11. The van der Waals surface area contributed by atoms with Crippen molar-refractivity contribution in [2.75, 3.05) is 98.3 Å². The van der Waals surface area contributed by atoms with E-state index in [2.05, 4.69) is 73.2 Å². The number of ketones is 1. The number of nitrogens with zero attached hydrogens (tertiary/aromatic N) is 2. The van der Waals surface area contributed by atoms with Gasteiger partial charge in [0.1, 0.15) is 31.4 Å². The lowest BCUT2D eigenvalue weighted by Crippen LogP contribution is -2.41. The van der Waals surface area contributed by atoms with Crippen LogP contribution in [0.5, 0.6) is 11.5 Å². The summed E-state index contributed by atoms with van der Waals surface area (Å²) in [5, 5.41) is 7.77. The number of aromatic nitrogens is 2. The fourth-order valence-electron chi connectivity index (χ4n) is 4.77. The standard InChI is InChI=1S/C23H28FN3O3.C20H34O5Si/c1-27(2)20-7-3-18(4-8-20)22-17-23(26-25-22)19-5-9-21(10-6-19)30-16-15-29-14-13-28-12-11-24;1-17(21)18-7-9-19(10-8-18)24-15-13-22-11-12-23-14-16-25-26(5,6)20(2,3)4/h3-10,17H,11-16H2,1-2H3,(H,25,26);7-10H,11-16H2,1-6H3. The van der Waals surface area contributed by atoms with Gasteiger partial charge in [0.15, 0.2) is 14.1 Å². The van der Waals surface area contributed by atoms with Gasteiger partial charge < -0.3 is 37.7 Å². The van der Waals surface area contributed by atoms with Crippen molar-refractivity contribution in [2.45, 2.75) is 45.8 Å². The first-order valence-corrected chi connectivity index (χ1v) is 22.0. The first kappa shape index (κ1) is 46.3. The van der Waals surface area contributed by atoms with Gasteiger partial charge in [-0.2, -0.15) is 5.10 Å². The average molecular weight is 796 g/mol. The molecule has 11 nitrogen and oxygen atoms in total. The van der Waals surface area contributed by atoms with Crippen LogP contribution < -0.4 is 14.4 Å². The molecule has 1 N–H and O–H groups in total. The molecule has 0 saturated heterocycles. The lowest BCUT2D eigenvalue weighted by molar-refractivity contribution is 0.0260. The molecule has 4 aromatic rings. The Morgan fingerprint density at radius 3 is 1.62 bits per heavy atom. The number of alkyl halides is 1. The number of hydrogen-bond donors (Lipinski definition) is 1. The van der Waals surface area contributed by atoms with E-state index in [0.29, 0.717) is 71.6 Å². The lowest BCUT2D eigenvalue weighted by atomic mass is 10.1. The molecule has 1 aromatic heterocycles. The Morgan fingerprint density at radius 1 is 0.679 bits per heavy atom. The number of halogens is 1. The van der Waals surface area contributed by atoms with Crippen molar-refractivity contribution in [1.82, 2.24) is 10.2 Å². The summed E-state index contributed by atoms with van der Waals surface area (Å²) >= 11 is 0. The molecule has 1 heterocycles. The lowest BCUT2D eigenvalue weighted by Gasteiger charge is -2.36. The zero-order valence-corrected chi connectivity index (χ0v) is 35.5. The SMILES string of the molecule is CC(=O)c1ccc(OCCOCCOCCO[Si](C)(C)C(C)(C)C)cc1.CN(C)c1ccc(-c2cc(-c3ccc(OCCOCCOCCF)cc3)n[nH]2)cc1. The summed E-state index contributed by atoms with van der Waals surface area (Å²) in [5.74, 6) is 1.55. The van der Waals surface area contributed by atoms with Crippen LogP contribution in [0.25, 0.3) is 22.5 Å². The molecule has 4 rings (SSSR count). The third-order valence-corrected chi connectivity index (χ3v) is 13.7. The summed E-state index contributed by atoms with van der Waals surface area (Å²) in [6, 6.07) is 25.3. The van der Waals surface area contributed by atoms with Crippen LogP contribution >= 0.6 is 0 Å². The molecule has 0 aliphatic carbocycles. The molecule has 0 radical (unpaired) electrons. The van der Waals surface area contributed by atoms with Crippen LogP contribution in [0.3, 0.4) is 0 Å². The van der Waals surface area contributed by atoms with Gasteiger partial charge in [-0.05, 0) is 97.3 Å². The van der Waals surface area contributed by atoms with Crippen LogP contribution in [-0.4, -0.2) is 118 Å². The fraction of sp³-hybridized carbons (Fsp3) is 0.488. The maximum Gasteiger partial charge on any atom is 0.192 e. The van der Waals surface area contributed by atoms with Crippen LogP contribution in [0.15, 0.2) is 78.9 Å². The highest BCUT2D eigenvalue weighted by atomic mass is 28.4. The highest BCUT2D eigenvalue weighted by Crippen LogP contribution is 2.36. The number of carbonyl (C=O) groups excluding carboxylic acids is 1. The van der Waals surface area contributed by atoms with E-state index in [1.807, 2.05) is 44.4 Å². The molecule has 0 spiro atoms. The summed E-state index contributed by atoms with van der Waals surface area (Å²) < 4.78 is 50.5. The van der Waals surface area contributed by atoms with Gasteiger partial charge in [-0.15, -0.1) is 0 Å². The van der Waals surface area contributed by atoms with Gasteiger partial charge in [-0.1, -0.05) is 32.9 Å². The average Bonchev–Trinajstić information content (AvgIpc) is 3.67. The summed E-state index contributed by atoms with van der Waals surface area (Å²) in [6.45, 7) is 17.4. The Labute approximate surface area is 333 Å². The minimum atomic E-state index is -1.68. The van der Waals surface area contributed by atoms with Gasteiger partial charge in [0, 0.05) is 30.9 Å². The number of benzene rings is 3. The zero-order chi connectivity index (χ0) is 40.8. The van der Waals surface area contributed by atoms with E-state index >= 15 is 0 Å². The Bertz CT molecular complexity index is 1660. The highest BCUT2D eigenvalue weighted by molar-refractivity contribution is 6.74. The molecule has 0 unspecified atom stereocenters. The van der Waals surface area contributed by atoms with Crippen molar-refractivity contribution in [1.29, 1.82) is 0 Å². The number of anilines is 1. The van der Waals surface area contributed by atoms with E-state index < -0.39 is 15.0 Å². The third-order valence-electron chi connectivity index (χ3n) is 9.14. The Kier molecular flexibility index (Phi) is 20.2. The summed E-state index contributed by atoms with van der Waals surface area (Å²) in [7, 11) is 2.37. The number of rotatable bonds is 24. The number of hydrogen-bond acceptors (Lipinski definition) is 10. The topological polar surface area (TPSA) is 114 Å². The van der Waals surface area contributed by atoms with Crippen molar-refractivity contribution in [3.05, 3.63) is 84.4 Å². The molecule has 0 saturated carbocycles. The number of carbonyl (C=O) groups is 1. The molecule has 0 fully saturated rings. The van der Waals surface area contributed by atoms with E-state index in [1.165, 1.54) is 0 Å². The minimum Gasteiger partial charge on any atom is -0.491 e. The normalized spacial score (nSPS) is 11.5. The summed E-state index contributed by atoms with van der Waals surface area (Å²) in [5.41, 5.74) is 5.80. The van der Waals surface area contributed by atoms with Crippen LogP contribution in [0.1, 0.15) is 38.1 Å².